The lowest BCUT2D eigenvalue weighted by molar-refractivity contribution is 0.112. The molecule has 2 unspecified atom stereocenters. The van der Waals surface area contributed by atoms with Crippen LogP contribution in [0.3, 0.4) is 0 Å². The van der Waals surface area contributed by atoms with Crippen molar-refractivity contribution < 1.29 is 10.2 Å². The molecule has 268 valence electrons. The maximum Gasteiger partial charge on any atom is 0.129 e. The van der Waals surface area contributed by atoms with Gasteiger partial charge >= 0.3 is 0 Å². The molecule has 47 heavy (non-hydrogen) atoms. The summed E-state index contributed by atoms with van der Waals surface area (Å²) < 4.78 is 0. The Morgan fingerprint density at radius 3 is 1.19 bits per heavy atom. The molecule has 0 fully saturated rings. The van der Waals surface area contributed by atoms with Gasteiger partial charge in [0.05, 0.1) is 9.79 Å². The zero-order chi connectivity index (χ0) is 35.5. The summed E-state index contributed by atoms with van der Waals surface area (Å²) in [5, 5.41) is 22.3. The predicted molar refractivity (Wildman–Crippen MR) is 208 cm³/mol. The Morgan fingerprint density at radius 1 is 0.532 bits per heavy atom. The van der Waals surface area contributed by atoms with Crippen molar-refractivity contribution in [3.05, 3.63) is 47.5 Å². The average molecular weight is 667 g/mol. The first-order valence-electron chi connectivity index (χ1n) is 19.1. The molecule has 0 saturated heterocycles. The third-order valence-electron chi connectivity index (χ3n) is 10.3. The molecule has 0 bridgehead atoms. The molecular formula is C44H74O2S. The molecule has 0 amide bonds. The van der Waals surface area contributed by atoms with E-state index >= 15 is 0 Å². The first kappa shape index (κ1) is 41.6. The van der Waals surface area contributed by atoms with E-state index in [0.29, 0.717) is 45.0 Å². The maximum absolute atomic E-state index is 11.1. The van der Waals surface area contributed by atoms with Crippen LogP contribution in [0.2, 0.25) is 0 Å². The van der Waals surface area contributed by atoms with Crippen molar-refractivity contribution in [2.75, 3.05) is 0 Å². The van der Waals surface area contributed by atoms with Crippen molar-refractivity contribution >= 4 is 11.8 Å². The Labute approximate surface area is 296 Å². The fraction of sp³-hybridized carbons (Fsp3) is 0.727. The molecule has 0 aliphatic rings. The van der Waals surface area contributed by atoms with Crippen molar-refractivity contribution in [2.45, 2.75) is 183 Å². The number of aromatic hydroxyl groups is 2. The van der Waals surface area contributed by atoms with Crippen LogP contribution < -0.4 is 0 Å². The summed E-state index contributed by atoms with van der Waals surface area (Å²) >= 11 is 1.57. The fourth-order valence-electron chi connectivity index (χ4n) is 8.73. The molecule has 0 saturated carbocycles. The zero-order valence-corrected chi connectivity index (χ0v) is 33.6. The van der Waals surface area contributed by atoms with E-state index in [0.717, 1.165) is 35.5 Å². The highest BCUT2D eigenvalue weighted by atomic mass is 32.2. The van der Waals surface area contributed by atoms with Gasteiger partial charge in [0.15, 0.2) is 0 Å². The molecule has 3 heteroatoms. The predicted octanol–water partition coefficient (Wildman–Crippen LogP) is 14.4. The molecule has 2 aromatic carbocycles. The minimum absolute atomic E-state index is 0.298. The van der Waals surface area contributed by atoms with E-state index in [4.69, 9.17) is 0 Å². The van der Waals surface area contributed by atoms with Crippen LogP contribution in [0.4, 0.5) is 0 Å². The van der Waals surface area contributed by atoms with Gasteiger partial charge in [-0.1, -0.05) is 145 Å². The highest BCUT2D eigenvalue weighted by Crippen LogP contribution is 2.47. The molecule has 0 spiro atoms. The van der Waals surface area contributed by atoms with Gasteiger partial charge in [-0.2, -0.15) is 0 Å². The third-order valence-corrected chi connectivity index (χ3v) is 11.7. The maximum atomic E-state index is 11.1. The van der Waals surface area contributed by atoms with Gasteiger partial charge in [-0.3, -0.25) is 0 Å². The Hall–Kier alpha value is -1.61. The lowest BCUT2D eigenvalue weighted by atomic mass is 9.66. The Balaban J connectivity index is 2.23. The van der Waals surface area contributed by atoms with Crippen LogP contribution in [0.25, 0.3) is 0 Å². The Morgan fingerprint density at radius 2 is 0.872 bits per heavy atom. The Kier molecular flexibility index (Phi) is 16.3. The van der Waals surface area contributed by atoms with Crippen molar-refractivity contribution in [1.82, 2.24) is 0 Å². The van der Waals surface area contributed by atoms with Gasteiger partial charge in [0.25, 0.3) is 0 Å². The smallest absolute Gasteiger partial charge is 0.129 e. The summed E-state index contributed by atoms with van der Waals surface area (Å²) in [7, 11) is 0. The highest BCUT2D eigenvalue weighted by molar-refractivity contribution is 7.99. The van der Waals surface area contributed by atoms with Crippen LogP contribution in [0.5, 0.6) is 11.5 Å². The van der Waals surface area contributed by atoms with Crippen LogP contribution in [-0.4, -0.2) is 10.2 Å². The lowest BCUT2D eigenvalue weighted by Crippen LogP contribution is -2.29. The number of phenols is 2. The second-order valence-electron chi connectivity index (χ2n) is 18.5. The monoisotopic (exact) mass is 667 g/mol. The number of phenolic OH excluding ortho intramolecular Hbond substituents is 2. The quantitative estimate of drug-likeness (QED) is 0.148. The van der Waals surface area contributed by atoms with E-state index < -0.39 is 0 Å². The van der Waals surface area contributed by atoms with Crippen molar-refractivity contribution in [1.29, 1.82) is 0 Å². The summed E-state index contributed by atoms with van der Waals surface area (Å²) in [4.78, 5) is 1.81. The minimum atomic E-state index is 0.298. The van der Waals surface area contributed by atoms with E-state index in [-0.39, 0.29) is 0 Å². The molecule has 0 radical (unpaired) electrons. The normalized spacial score (nSPS) is 14.4. The number of hydrogen-bond donors (Lipinski definition) is 2. The molecule has 2 atom stereocenters. The molecule has 0 aliphatic carbocycles. The van der Waals surface area contributed by atoms with Crippen LogP contribution >= 0.6 is 11.8 Å². The van der Waals surface area contributed by atoms with Gasteiger partial charge in [-0.15, -0.1) is 0 Å². The standard InChI is InChI=1S/C44H74O2S/c1-13-15-25-35(43(9,10)31-41(3,4)5)27-17-21-33-23-19-29-37(45)39(33)47-40-34(24-20-30-38(40)46)22-18-28-36(26-16-14-2)44(11,12)32-42(6,7)8/h19-20,23-24,29-30,35-36,45-46H,13-18,21-22,25-28,31-32H2,1-12H3. The van der Waals surface area contributed by atoms with Crippen LogP contribution in [0, 0.1) is 33.5 Å². The number of rotatable bonds is 20. The first-order chi connectivity index (χ1) is 21.8. The number of aryl methyl sites for hydroxylation is 2. The van der Waals surface area contributed by atoms with E-state index in [1.54, 1.807) is 23.9 Å². The van der Waals surface area contributed by atoms with Crippen LogP contribution in [-0.2, 0) is 12.8 Å². The van der Waals surface area contributed by atoms with Crippen LogP contribution in [0.15, 0.2) is 46.2 Å². The topological polar surface area (TPSA) is 40.5 Å². The summed E-state index contributed by atoms with van der Waals surface area (Å²) in [5.41, 5.74) is 3.61. The molecule has 2 N–H and O–H groups in total. The highest BCUT2D eigenvalue weighted by Gasteiger charge is 2.34. The third kappa shape index (κ3) is 14.4. The van der Waals surface area contributed by atoms with E-state index in [9.17, 15) is 10.2 Å². The second kappa shape index (κ2) is 18.4. The van der Waals surface area contributed by atoms with Gasteiger partial charge in [0.1, 0.15) is 11.5 Å². The molecule has 0 aromatic heterocycles. The largest absolute Gasteiger partial charge is 0.507 e. The van der Waals surface area contributed by atoms with E-state index in [1.807, 2.05) is 12.1 Å². The minimum Gasteiger partial charge on any atom is -0.507 e. The summed E-state index contributed by atoms with van der Waals surface area (Å²) in [6.07, 6.45) is 16.6. The Bertz CT molecular complexity index is 1100. The number of benzene rings is 2. The molecule has 2 nitrogen and oxygen atoms in total. The molecular weight excluding hydrogens is 593 g/mol. The van der Waals surface area contributed by atoms with Gasteiger partial charge < -0.3 is 10.2 Å². The molecule has 2 rings (SSSR count). The SMILES string of the molecule is CCCCC(CCCc1cccc(O)c1Sc1c(O)cccc1CCCC(CCCC)C(C)(C)CC(C)(C)C)C(C)(C)CC(C)(C)C. The van der Waals surface area contributed by atoms with Gasteiger partial charge in [0.2, 0.25) is 0 Å². The van der Waals surface area contributed by atoms with Crippen LogP contribution in [0.1, 0.15) is 171 Å². The van der Waals surface area contributed by atoms with Gasteiger partial charge in [-0.25, -0.2) is 0 Å². The summed E-state index contributed by atoms with van der Waals surface area (Å²) in [6.45, 7) is 28.7. The lowest BCUT2D eigenvalue weighted by Gasteiger charge is -2.39. The molecule has 2 aromatic rings. The second-order valence-corrected chi connectivity index (χ2v) is 19.6. The number of hydrogen-bond acceptors (Lipinski definition) is 3. The van der Waals surface area contributed by atoms with Crippen molar-refractivity contribution in [3.8, 4) is 11.5 Å². The van der Waals surface area contributed by atoms with Crippen molar-refractivity contribution in [2.24, 2.45) is 33.5 Å². The summed E-state index contributed by atoms with van der Waals surface area (Å²) in [5.74, 6) is 2.02. The van der Waals surface area contributed by atoms with Gasteiger partial charge in [0, 0.05) is 0 Å². The summed E-state index contributed by atoms with van der Waals surface area (Å²) in [6, 6.07) is 11.9. The number of unbranched alkanes of at least 4 members (excludes halogenated alkanes) is 2. The molecule has 0 aliphatic heterocycles. The fourth-order valence-corrected chi connectivity index (χ4v) is 9.88. The van der Waals surface area contributed by atoms with E-state index in [1.165, 1.54) is 75.3 Å². The first-order valence-corrected chi connectivity index (χ1v) is 19.9. The zero-order valence-electron chi connectivity index (χ0n) is 32.8. The van der Waals surface area contributed by atoms with E-state index in [2.05, 4.69) is 95.2 Å². The van der Waals surface area contributed by atoms with Crippen molar-refractivity contribution in [3.63, 3.8) is 0 Å². The molecule has 0 heterocycles. The van der Waals surface area contributed by atoms with Gasteiger partial charge in [-0.05, 0) is 121 Å². The average Bonchev–Trinajstić information content (AvgIpc) is 2.92.